The van der Waals surface area contributed by atoms with Crippen LogP contribution < -0.4 is 0 Å². The molecule has 2 saturated heterocycles. The maximum atomic E-state index is 11.5. The van der Waals surface area contributed by atoms with E-state index in [9.17, 15) is 24.3 Å². The smallest absolute Gasteiger partial charge is 0.381 e. The zero-order valence-electron chi connectivity index (χ0n) is 8.67. The largest absolute Gasteiger partial charge is 0.504 e. The number of aliphatic hydroxyl groups is 1. The lowest BCUT2D eigenvalue weighted by Gasteiger charge is -2.24. The minimum Gasteiger partial charge on any atom is -0.381 e. The molecule has 0 saturated carbocycles. The quantitative estimate of drug-likeness (QED) is 0.412. The predicted molar refractivity (Wildman–Crippen MR) is 45.8 cm³/mol. The van der Waals surface area contributed by atoms with Crippen LogP contribution in [0.3, 0.4) is 0 Å². The first kappa shape index (κ1) is 12.0. The van der Waals surface area contributed by atoms with E-state index in [-0.39, 0.29) is 0 Å². The Morgan fingerprint density at radius 3 is 2.11 bits per heavy atom. The van der Waals surface area contributed by atoms with Gasteiger partial charge in [0.2, 0.25) is 0 Å². The molecule has 1 N–H and O–H groups in total. The molecule has 2 aliphatic heterocycles. The highest BCUT2D eigenvalue weighted by Gasteiger charge is 2.62. The lowest BCUT2D eigenvalue weighted by atomic mass is 9.96. The fraction of sp³-hybridized carbons (Fsp3) is 0.444. The van der Waals surface area contributed by atoms with Crippen LogP contribution in [-0.2, 0) is 33.4 Å². The zero-order chi connectivity index (χ0) is 13.6. The number of esters is 3. The molecule has 0 aromatic carbocycles. The molecule has 0 aromatic heterocycles. The van der Waals surface area contributed by atoms with E-state index in [1.807, 2.05) is 0 Å². The molecule has 18 heavy (non-hydrogen) atoms. The summed E-state index contributed by atoms with van der Waals surface area (Å²) >= 11 is 0. The van der Waals surface area contributed by atoms with Crippen LogP contribution in [0.5, 0.6) is 0 Å². The van der Waals surface area contributed by atoms with Gasteiger partial charge in [-0.2, -0.15) is 5.26 Å². The minimum atomic E-state index is -3.05. The summed E-state index contributed by atoms with van der Waals surface area (Å²) in [6.07, 6.45) is -1.75. The normalized spacial score (nSPS) is 34.6. The fourth-order valence-electron chi connectivity index (χ4n) is 1.54. The van der Waals surface area contributed by atoms with Crippen molar-refractivity contribution in [3.63, 3.8) is 0 Å². The Labute approximate surface area is 98.8 Å². The molecule has 94 valence electrons. The number of hydrogen-bond donors (Lipinski definition) is 1. The van der Waals surface area contributed by atoms with Gasteiger partial charge in [0.05, 0.1) is 12.8 Å². The van der Waals surface area contributed by atoms with Crippen molar-refractivity contribution in [1.82, 2.24) is 0 Å². The summed E-state index contributed by atoms with van der Waals surface area (Å²) in [6.45, 7) is 0. The summed E-state index contributed by atoms with van der Waals surface area (Å²) in [5, 5.41) is 18.3. The van der Waals surface area contributed by atoms with Crippen LogP contribution in [0, 0.1) is 11.3 Å². The average Bonchev–Trinajstić information content (AvgIpc) is 2.38. The number of Topliss-reactive ketones (excluding diaryl/α,β-unsaturated/α-hetero) is 1. The molecule has 2 aliphatic rings. The molecule has 2 fully saturated rings. The van der Waals surface area contributed by atoms with Gasteiger partial charge in [-0.3, -0.25) is 14.4 Å². The van der Waals surface area contributed by atoms with Gasteiger partial charge in [0, 0.05) is 0 Å². The third-order valence-electron chi connectivity index (χ3n) is 2.36. The second kappa shape index (κ2) is 3.51. The van der Waals surface area contributed by atoms with E-state index in [0.29, 0.717) is 0 Å². The molecule has 9 heteroatoms. The van der Waals surface area contributed by atoms with E-state index in [2.05, 4.69) is 14.2 Å². The number of carbonyl (C=O) groups is 4. The maximum absolute atomic E-state index is 11.5. The van der Waals surface area contributed by atoms with Crippen molar-refractivity contribution >= 4 is 23.7 Å². The molecule has 2 rings (SSSR count). The second-order valence-electron chi connectivity index (χ2n) is 3.72. The maximum Gasteiger partial charge on any atom is 0.504 e. The predicted octanol–water partition coefficient (Wildman–Crippen LogP) is -2.10. The molecule has 2 bridgehead atoms. The van der Waals surface area contributed by atoms with Gasteiger partial charge in [-0.1, -0.05) is 0 Å². The average molecular weight is 255 g/mol. The molecule has 2 heterocycles. The summed E-state index contributed by atoms with van der Waals surface area (Å²) < 4.78 is 13.1. The fourth-order valence-corrected chi connectivity index (χ4v) is 1.54. The van der Waals surface area contributed by atoms with Crippen molar-refractivity contribution in [2.75, 3.05) is 0 Å². The van der Waals surface area contributed by atoms with Gasteiger partial charge in [0.15, 0.2) is 11.7 Å². The van der Waals surface area contributed by atoms with Crippen LogP contribution >= 0.6 is 0 Å². The number of hydrogen-bond acceptors (Lipinski definition) is 9. The minimum absolute atomic E-state index is 0.874. The number of rotatable bonds is 1. The number of nitriles is 1. The molecule has 0 amide bonds. The van der Waals surface area contributed by atoms with Crippen molar-refractivity contribution in [3.8, 4) is 6.07 Å². The van der Waals surface area contributed by atoms with Crippen molar-refractivity contribution in [3.05, 3.63) is 0 Å². The summed E-state index contributed by atoms with van der Waals surface area (Å²) in [5.41, 5.74) is -2.46. The molecular formula is C9H5NO8. The number of carbonyl (C=O) groups excluding carboxylic acids is 4. The first-order chi connectivity index (χ1) is 8.31. The Morgan fingerprint density at radius 1 is 1.17 bits per heavy atom. The van der Waals surface area contributed by atoms with E-state index in [4.69, 9.17) is 5.26 Å². The molecule has 9 nitrogen and oxygen atoms in total. The summed E-state index contributed by atoms with van der Waals surface area (Å²) in [4.78, 5) is 45.5. The Balaban J connectivity index is 2.57. The lowest BCUT2D eigenvalue weighted by Crippen LogP contribution is -2.48. The molecule has 0 atom stereocenters. The van der Waals surface area contributed by atoms with Gasteiger partial charge in [0.1, 0.15) is 0 Å². The van der Waals surface area contributed by atoms with Crippen molar-refractivity contribution < 1.29 is 38.5 Å². The number of nitrogens with zero attached hydrogens (tertiary/aromatic N) is 1. The highest BCUT2D eigenvalue weighted by atomic mass is 16.9. The third-order valence-corrected chi connectivity index (χ3v) is 2.36. The molecular weight excluding hydrogens is 250 g/mol. The Hall–Kier alpha value is -2.47. The van der Waals surface area contributed by atoms with E-state index >= 15 is 0 Å². The molecule has 0 radical (unpaired) electrons. The summed E-state index contributed by atoms with van der Waals surface area (Å²) in [5.74, 6) is -8.51. The van der Waals surface area contributed by atoms with Crippen molar-refractivity contribution in [2.24, 2.45) is 0 Å². The van der Waals surface area contributed by atoms with Crippen LogP contribution in [0.2, 0.25) is 0 Å². The number of ether oxygens (including phenoxy) is 3. The van der Waals surface area contributed by atoms with Gasteiger partial charge < -0.3 is 19.3 Å². The SMILES string of the molecule is N#CC(=O)C12OC(=O)CC(O)(CC(=O)O1)C(=O)O2. The topological polar surface area (TPSA) is 140 Å². The Morgan fingerprint density at radius 2 is 1.67 bits per heavy atom. The van der Waals surface area contributed by atoms with Crippen LogP contribution in [0.1, 0.15) is 12.8 Å². The van der Waals surface area contributed by atoms with Crippen molar-refractivity contribution in [1.29, 1.82) is 5.26 Å². The molecule has 0 unspecified atom stereocenters. The first-order valence-corrected chi connectivity index (χ1v) is 4.65. The van der Waals surface area contributed by atoms with E-state index < -0.39 is 48.1 Å². The number of ketones is 1. The monoisotopic (exact) mass is 255 g/mol. The first-order valence-electron chi connectivity index (χ1n) is 4.65. The molecule has 0 aromatic rings. The van der Waals surface area contributed by atoms with Gasteiger partial charge in [-0.05, 0) is 0 Å². The van der Waals surface area contributed by atoms with E-state index in [0.717, 1.165) is 6.07 Å². The van der Waals surface area contributed by atoms with Crippen molar-refractivity contribution in [2.45, 2.75) is 24.4 Å². The zero-order valence-corrected chi connectivity index (χ0v) is 8.67. The standard InChI is InChI=1S/C9H5NO8/c10-3-4(11)9-16-5(12)1-8(15,7(14)18-9)2-6(13)17-9/h15H,1-2H2. The number of fused-ring (bicyclic) bond motifs is 3. The lowest BCUT2D eigenvalue weighted by molar-refractivity contribution is -0.301. The van der Waals surface area contributed by atoms with Crippen LogP contribution in [0.4, 0.5) is 0 Å². The van der Waals surface area contributed by atoms with Gasteiger partial charge >= 0.3 is 29.7 Å². The molecule has 0 spiro atoms. The molecule has 0 aliphatic carbocycles. The van der Waals surface area contributed by atoms with E-state index in [1.165, 1.54) is 0 Å². The van der Waals surface area contributed by atoms with Crippen LogP contribution in [-0.4, -0.2) is 40.4 Å². The second-order valence-corrected chi connectivity index (χ2v) is 3.72. The Kier molecular flexibility index (Phi) is 2.34. The van der Waals surface area contributed by atoms with Crippen LogP contribution in [0.25, 0.3) is 0 Å². The van der Waals surface area contributed by atoms with E-state index in [1.54, 1.807) is 0 Å². The highest BCUT2D eigenvalue weighted by Crippen LogP contribution is 2.34. The summed E-state index contributed by atoms with van der Waals surface area (Å²) in [6, 6.07) is 1.03. The van der Waals surface area contributed by atoms with Crippen LogP contribution in [0.15, 0.2) is 0 Å². The van der Waals surface area contributed by atoms with Gasteiger partial charge in [-0.25, -0.2) is 4.79 Å². The summed E-state index contributed by atoms with van der Waals surface area (Å²) in [7, 11) is 0. The van der Waals surface area contributed by atoms with Gasteiger partial charge in [0.25, 0.3) is 0 Å². The third kappa shape index (κ3) is 1.59. The highest BCUT2D eigenvalue weighted by molar-refractivity contribution is 6.04. The Bertz CT molecular complexity index is 495. The van der Waals surface area contributed by atoms with Gasteiger partial charge in [-0.15, -0.1) is 0 Å².